The van der Waals surface area contributed by atoms with Gasteiger partial charge in [-0.2, -0.15) is 13.2 Å². The predicted octanol–water partition coefficient (Wildman–Crippen LogP) is 3.65. The van der Waals surface area contributed by atoms with Crippen LogP contribution in [0.1, 0.15) is 36.6 Å². The molecule has 4 nitrogen and oxygen atoms in total. The summed E-state index contributed by atoms with van der Waals surface area (Å²) < 4.78 is 40.8. The van der Waals surface area contributed by atoms with Gasteiger partial charge in [0.05, 0.1) is 21.5 Å². The quantitative estimate of drug-likeness (QED) is 0.709. The summed E-state index contributed by atoms with van der Waals surface area (Å²) in [6, 6.07) is 2.32. The zero-order valence-electron chi connectivity index (χ0n) is 13.6. The van der Waals surface area contributed by atoms with Crippen LogP contribution in [0.4, 0.5) is 13.2 Å². The summed E-state index contributed by atoms with van der Waals surface area (Å²) in [5.74, 6) is 0.807. The predicted molar refractivity (Wildman–Crippen MR) is 89.0 cm³/mol. The third kappa shape index (κ3) is 2.64. The minimum atomic E-state index is -4.60. The fraction of sp³-hybridized carbons (Fsp3) is 0.529. The SMILES string of the molecule is CN1CCC[C@@H]2c3nc4cc(Cl)c(C(F)(F)F)cc4c(=O)n3CC[C@H]21. The smallest absolute Gasteiger partial charge is 0.303 e. The molecule has 2 aliphatic heterocycles. The third-order valence-electron chi connectivity index (χ3n) is 5.41. The van der Waals surface area contributed by atoms with Crippen LogP contribution in [0.15, 0.2) is 16.9 Å². The average Bonchev–Trinajstić information content (AvgIpc) is 2.53. The summed E-state index contributed by atoms with van der Waals surface area (Å²) in [6.07, 6.45) is -1.85. The molecule has 134 valence electrons. The summed E-state index contributed by atoms with van der Waals surface area (Å²) in [6.45, 7) is 1.49. The summed E-state index contributed by atoms with van der Waals surface area (Å²) in [7, 11) is 2.07. The Morgan fingerprint density at radius 3 is 2.72 bits per heavy atom. The second kappa shape index (κ2) is 5.71. The molecule has 1 aromatic carbocycles. The van der Waals surface area contributed by atoms with Crippen LogP contribution in [0.3, 0.4) is 0 Å². The average molecular weight is 372 g/mol. The van der Waals surface area contributed by atoms with Gasteiger partial charge in [-0.15, -0.1) is 0 Å². The largest absolute Gasteiger partial charge is 0.417 e. The van der Waals surface area contributed by atoms with Gasteiger partial charge in [-0.1, -0.05) is 11.6 Å². The third-order valence-corrected chi connectivity index (χ3v) is 5.73. The van der Waals surface area contributed by atoms with Crippen LogP contribution in [0.2, 0.25) is 5.02 Å². The van der Waals surface area contributed by atoms with Crippen molar-refractivity contribution in [3.8, 4) is 0 Å². The maximum Gasteiger partial charge on any atom is 0.417 e. The lowest BCUT2D eigenvalue weighted by Gasteiger charge is -2.42. The number of nitrogens with zero attached hydrogens (tertiary/aromatic N) is 3. The summed E-state index contributed by atoms with van der Waals surface area (Å²) >= 11 is 5.81. The van der Waals surface area contributed by atoms with Gasteiger partial charge < -0.3 is 4.90 Å². The van der Waals surface area contributed by atoms with Crippen LogP contribution in [-0.2, 0) is 12.7 Å². The van der Waals surface area contributed by atoms with Crippen LogP contribution in [0, 0.1) is 0 Å². The molecule has 3 heterocycles. The number of likely N-dealkylation sites (N-methyl/N-ethyl adjacent to an activating group) is 1. The summed E-state index contributed by atoms with van der Waals surface area (Å²) in [5, 5.41) is -0.451. The minimum Gasteiger partial charge on any atom is -0.303 e. The number of rotatable bonds is 0. The lowest BCUT2D eigenvalue weighted by atomic mass is 9.84. The first kappa shape index (κ1) is 16.8. The zero-order valence-corrected chi connectivity index (χ0v) is 14.4. The molecule has 1 fully saturated rings. The molecule has 0 saturated carbocycles. The molecule has 0 radical (unpaired) electrons. The van der Waals surface area contributed by atoms with Crippen LogP contribution in [-0.4, -0.2) is 34.1 Å². The van der Waals surface area contributed by atoms with Crippen molar-refractivity contribution in [1.82, 2.24) is 14.5 Å². The van der Waals surface area contributed by atoms with Gasteiger partial charge >= 0.3 is 6.18 Å². The van der Waals surface area contributed by atoms with Gasteiger partial charge in [0, 0.05) is 18.5 Å². The number of aromatic nitrogens is 2. The van der Waals surface area contributed by atoms with Gasteiger partial charge in [-0.25, -0.2) is 4.98 Å². The van der Waals surface area contributed by atoms with Crippen molar-refractivity contribution in [3.63, 3.8) is 0 Å². The Kier molecular flexibility index (Phi) is 3.85. The standard InChI is InChI=1S/C17H17ClF3N3O/c1-23-5-2-3-9-14(23)4-6-24-15(9)22-13-8-12(18)11(17(19,20)21)7-10(13)16(24)25/h7-9,14H,2-6H2,1H3/t9-,14+/m0/s1. The Balaban J connectivity index is 1.93. The highest BCUT2D eigenvalue weighted by molar-refractivity contribution is 6.32. The lowest BCUT2D eigenvalue weighted by molar-refractivity contribution is -0.137. The molecule has 2 aromatic rings. The van der Waals surface area contributed by atoms with Gasteiger partial charge in [0.2, 0.25) is 0 Å². The molecule has 0 unspecified atom stereocenters. The number of fused-ring (bicyclic) bond motifs is 4. The number of benzene rings is 1. The van der Waals surface area contributed by atoms with E-state index in [0.29, 0.717) is 18.4 Å². The Morgan fingerprint density at radius 2 is 2.00 bits per heavy atom. The number of halogens is 4. The zero-order chi connectivity index (χ0) is 17.9. The number of hydrogen-bond acceptors (Lipinski definition) is 3. The van der Waals surface area contributed by atoms with E-state index in [1.54, 1.807) is 4.57 Å². The number of alkyl halides is 3. The first-order valence-corrected chi connectivity index (χ1v) is 8.66. The monoisotopic (exact) mass is 371 g/mol. The minimum absolute atomic E-state index is 0.0249. The molecule has 1 aromatic heterocycles. The van der Waals surface area contributed by atoms with Crippen LogP contribution < -0.4 is 5.56 Å². The highest BCUT2D eigenvalue weighted by atomic mass is 35.5. The van der Waals surface area contributed by atoms with Crippen LogP contribution in [0.5, 0.6) is 0 Å². The molecule has 4 rings (SSSR count). The molecule has 0 aliphatic carbocycles. The van der Waals surface area contributed by atoms with Crippen LogP contribution in [0.25, 0.3) is 10.9 Å². The van der Waals surface area contributed by atoms with E-state index in [1.165, 1.54) is 0 Å². The second-order valence-corrected chi connectivity index (χ2v) is 7.27. The highest BCUT2D eigenvalue weighted by Crippen LogP contribution is 2.39. The Labute approximate surface area is 147 Å². The van der Waals surface area contributed by atoms with Crippen molar-refractivity contribution in [2.75, 3.05) is 13.6 Å². The number of hydrogen-bond donors (Lipinski definition) is 0. The molecule has 0 bridgehead atoms. The van der Waals surface area contributed by atoms with E-state index in [4.69, 9.17) is 11.6 Å². The first-order valence-electron chi connectivity index (χ1n) is 8.29. The van der Waals surface area contributed by atoms with E-state index >= 15 is 0 Å². The molecule has 1 saturated heterocycles. The highest BCUT2D eigenvalue weighted by Gasteiger charge is 2.38. The molecule has 2 aliphatic rings. The molecule has 0 spiro atoms. The van der Waals surface area contributed by atoms with Gasteiger partial charge in [0.1, 0.15) is 5.82 Å². The number of piperidine rings is 1. The van der Waals surface area contributed by atoms with Gasteiger partial charge in [-0.05, 0) is 45.0 Å². The van der Waals surface area contributed by atoms with E-state index in [1.807, 2.05) is 0 Å². The van der Waals surface area contributed by atoms with Crippen molar-refractivity contribution in [2.45, 2.75) is 43.9 Å². The van der Waals surface area contributed by atoms with Crippen molar-refractivity contribution >= 4 is 22.5 Å². The van der Waals surface area contributed by atoms with Crippen molar-refractivity contribution in [2.24, 2.45) is 0 Å². The van der Waals surface area contributed by atoms with E-state index in [0.717, 1.165) is 37.9 Å². The second-order valence-electron chi connectivity index (χ2n) is 6.86. The van der Waals surface area contributed by atoms with E-state index in [-0.39, 0.29) is 16.8 Å². The summed E-state index contributed by atoms with van der Waals surface area (Å²) in [4.78, 5) is 19.7. The van der Waals surface area contributed by atoms with E-state index in [2.05, 4.69) is 16.9 Å². The molecular formula is C17H17ClF3N3O. The molecule has 25 heavy (non-hydrogen) atoms. The fourth-order valence-electron chi connectivity index (χ4n) is 4.19. The van der Waals surface area contributed by atoms with Crippen molar-refractivity contribution in [3.05, 3.63) is 38.9 Å². The molecule has 0 amide bonds. The Morgan fingerprint density at radius 1 is 1.24 bits per heavy atom. The summed E-state index contributed by atoms with van der Waals surface area (Å²) in [5.41, 5.74) is -1.16. The van der Waals surface area contributed by atoms with Gasteiger partial charge in [0.25, 0.3) is 5.56 Å². The molecule has 8 heteroatoms. The maximum absolute atomic E-state index is 13.1. The van der Waals surface area contributed by atoms with Crippen molar-refractivity contribution < 1.29 is 13.2 Å². The first-order chi connectivity index (χ1) is 11.8. The topological polar surface area (TPSA) is 38.1 Å². The Hall–Kier alpha value is -1.60. The van der Waals surface area contributed by atoms with Crippen molar-refractivity contribution in [1.29, 1.82) is 0 Å². The fourth-order valence-corrected chi connectivity index (χ4v) is 4.45. The van der Waals surface area contributed by atoms with E-state index < -0.39 is 22.3 Å². The molecule has 2 atom stereocenters. The normalized spacial score (nSPS) is 24.2. The van der Waals surface area contributed by atoms with Gasteiger partial charge in [0.15, 0.2) is 0 Å². The lowest BCUT2D eigenvalue weighted by Crippen LogP contribution is -2.47. The van der Waals surface area contributed by atoms with Crippen LogP contribution >= 0.6 is 11.6 Å². The van der Waals surface area contributed by atoms with E-state index in [9.17, 15) is 18.0 Å². The molecule has 0 N–H and O–H groups in total. The maximum atomic E-state index is 13.1. The number of likely N-dealkylation sites (tertiary alicyclic amines) is 1. The van der Waals surface area contributed by atoms with Gasteiger partial charge in [-0.3, -0.25) is 9.36 Å². The Bertz CT molecular complexity index is 909. The molecular weight excluding hydrogens is 355 g/mol.